The molecule has 7 heteroatoms. The first-order valence-electron chi connectivity index (χ1n) is 16.2. The summed E-state index contributed by atoms with van der Waals surface area (Å²) in [7, 11) is 0. The summed E-state index contributed by atoms with van der Waals surface area (Å²) in [5.41, 5.74) is 1.30. The van der Waals surface area contributed by atoms with E-state index in [9.17, 15) is 14.4 Å². The molecular formula is C34H57N3O4. The fraction of sp³-hybridized carbons (Fsp3) is 0.735. The molecule has 41 heavy (non-hydrogen) atoms. The van der Waals surface area contributed by atoms with Crippen LogP contribution in [0.15, 0.2) is 24.3 Å². The number of unbranched alkanes of at least 4 members (excludes halogenated alkanes) is 5. The van der Waals surface area contributed by atoms with Crippen molar-refractivity contribution in [3.63, 3.8) is 0 Å². The number of aryl methyl sites for hydroxylation is 1. The van der Waals surface area contributed by atoms with E-state index in [4.69, 9.17) is 4.74 Å². The molecule has 0 saturated heterocycles. The average Bonchev–Trinajstić information content (AvgIpc) is 2.92. The van der Waals surface area contributed by atoms with Gasteiger partial charge < -0.3 is 20.3 Å². The third-order valence-corrected chi connectivity index (χ3v) is 7.86. The van der Waals surface area contributed by atoms with E-state index in [2.05, 4.69) is 24.5 Å². The molecule has 3 amide bonds. The molecule has 232 valence electrons. The minimum absolute atomic E-state index is 0.125. The van der Waals surface area contributed by atoms with Gasteiger partial charge in [0.15, 0.2) is 0 Å². The predicted molar refractivity (Wildman–Crippen MR) is 167 cm³/mol. The molecule has 0 heterocycles. The molecule has 0 spiro atoms. The molecular weight excluding hydrogens is 514 g/mol. The highest BCUT2D eigenvalue weighted by molar-refractivity contribution is 5.92. The van der Waals surface area contributed by atoms with Gasteiger partial charge in [-0.3, -0.25) is 9.59 Å². The van der Waals surface area contributed by atoms with Gasteiger partial charge in [-0.1, -0.05) is 103 Å². The van der Waals surface area contributed by atoms with Gasteiger partial charge in [0.2, 0.25) is 11.8 Å². The lowest BCUT2D eigenvalue weighted by Gasteiger charge is -2.36. The van der Waals surface area contributed by atoms with E-state index in [1.165, 1.54) is 31.2 Å². The molecule has 1 saturated carbocycles. The van der Waals surface area contributed by atoms with Gasteiger partial charge in [-0.25, -0.2) is 4.79 Å². The summed E-state index contributed by atoms with van der Waals surface area (Å²) < 4.78 is 5.50. The molecule has 7 nitrogen and oxygen atoms in total. The molecule has 1 aliphatic rings. The fourth-order valence-electron chi connectivity index (χ4n) is 5.49. The Morgan fingerprint density at radius 3 is 2.10 bits per heavy atom. The van der Waals surface area contributed by atoms with Crippen LogP contribution in [0.3, 0.4) is 0 Å². The molecule has 2 rings (SSSR count). The monoisotopic (exact) mass is 571 g/mol. The van der Waals surface area contributed by atoms with E-state index in [1.807, 2.05) is 38.1 Å². The standard InChI is InChI=1S/C34H57N3O4/c1-8-10-11-12-13-17-24-37(32(39)29(25(3)4)36-33(40)41-34(5,6)7)30(27-22-20-26(9-2)21-23-27)31(38)35-28-18-15-14-16-19-28/h20-23,25,28-30H,8-19,24H2,1-7H3,(H,35,38)(H,36,40). The zero-order valence-corrected chi connectivity index (χ0v) is 26.9. The van der Waals surface area contributed by atoms with E-state index in [0.717, 1.165) is 56.9 Å². The Kier molecular flexibility index (Phi) is 14.7. The van der Waals surface area contributed by atoms with Crippen molar-refractivity contribution in [2.45, 2.75) is 149 Å². The molecule has 0 bridgehead atoms. The van der Waals surface area contributed by atoms with Crippen molar-refractivity contribution in [3.8, 4) is 0 Å². The molecule has 2 atom stereocenters. The van der Waals surface area contributed by atoms with Crippen LogP contribution in [0.4, 0.5) is 4.79 Å². The third-order valence-electron chi connectivity index (χ3n) is 7.86. The molecule has 0 aliphatic heterocycles. The lowest BCUT2D eigenvalue weighted by Crippen LogP contribution is -2.55. The summed E-state index contributed by atoms with van der Waals surface area (Å²) in [6.45, 7) is 14.0. The normalized spacial score (nSPS) is 15.7. The minimum atomic E-state index is -0.815. The highest BCUT2D eigenvalue weighted by Crippen LogP contribution is 2.27. The van der Waals surface area contributed by atoms with Gasteiger partial charge in [0.25, 0.3) is 0 Å². The number of amides is 3. The number of benzene rings is 1. The zero-order chi connectivity index (χ0) is 30.4. The third kappa shape index (κ3) is 12.1. The van der Waals surface area contributed by atoms with Crippen LogP contribution in [-0.2, 0) is 20.7 Å². The van der Waals surface area contributed by atoms with Crippen LogP contribution < -0.4 is 10.6 Å². The number of nitrogens with one attached hydrogen (secondary N) is 2. The largest absolute Gasteiger partial charge is 0.444 e. The first-order chi connectivity index (χ1) is 19.5. The van der Waals surface area contributed by atoms with Crippen molar-refractivity contribution in [2.24, 2.45) is 5.92 Å². The maximum absolute atomic E-state index is 14.4. The quantitative estimate of drug-likeness (QED) is 0.214. The Labute approximate surface area is 249 Å². The summed E-state index contributed by atoms with van der Waals surface area (Å²) in [6, 6.07) is 6.59. The molecule has 1 aromatic rings. The highest BCUT2D eigenvalue weighted by Gasteiger charge is 2.38. The number of carbonyl (C=O) groups is 3. The van der Waals surface area contributed by atoms with E-state index < -0.39 is 23.8 Å². The van der Waals surface area contributed by atoms with Gasteiger partial charge in [-0.2, -0.15) is 0 Å². The molecule has 1 fully saturated rings. The van der Waals surface area contributed by atoms with Crippen molar-refractivity contribution in [3.05, 3.63) is 35.4 Å². The average molecular weight is 572 g/mol. The minimum Gasteiger partial charge on any atom is -0.444 e. The SMILES string of the molecule is CCCCCCCCN(C(=O)C(NC(=O)OC(C)(C)C)C(C)C)C(C(=O)NC1CCCCC1)c1ccc(CC)cc1. The van der Waals surface area contributed by atoms with Gasteiger partial charge in [0.1, 0.15) is 17.7 Å². The number of hydrogen-bond acceptors (Lipinski definition) is 4. The lowest BCUT2D eigenvalue weighted by atomic mass is 9.94. The Morgan fingerprint density at radius 2 is 1.54 bits per heavy atom. The van der Waals surface area contributed by atoms with Gasteiger partial charge in [-0.15, -0.1) is 0 Å². The highest BCUT2D eigenvalue weighted by atomic mass is 16.6. The van der Waals surface area contributed by atoms with Crippen molar-refractivity contribution in [1.82, 2.24) is 15.5 Å². The molecule has 1 aliphatic carbocycles. The summed E-state index contributed by atoms with van der Waals surface area (Å²) in [4.78, 5) is 42.9. The number of nitrogens with zero attached hydrogens (tertiary/aromatic N) is 1. The van der Waals surface area contributed by atoms with Gasteiger partial charge >= 0.3 is 6.09 Å². The lowest BCUT2D eigenvalue weighted by molar-refractivity contribution is -0.143. The number of hydrogen-bond donors (Lipinski definition) is 2. The predicted octanol–water partition coefficient (Wildman–Crippen LogP) is 7.48. The molecule has 1 aromatic carbocycles. The van der Waals surface area contributed by atoms with Crippen LogP contribution >= 0.6 is 0 Å². The maximum Gasteiger partial charge on any atom is 0.408 e. The molecule has 0 aromatic heterocycles. The molecule has 0 radical (unpaired) electrons. The number of alkyl carbamates (subject to hydrolysis) is 1. The Balaban J connectivity index is 2.43. The van der Waals surface area contributed by atoms with Gasteiger partial charge in [0.05, 0.1) is 0 Å². The number of rotatable bonds is 15. The van der Waals surface area contributed by atoms with Gasteiger partial charge in [0, 0.05) is 12.6 Å². The zero-order valence-electron chi connectivity index (χ0n) is 26.9. The summed E-state index contributed by atoms with van der Waals surface area (Å²) >= 11 is 0. The van der Waals surface area contributed by atoms with Crippen molar-refractivity contribution < 1.29 is 19.1 Å². The van der Waals surface area contributed by atoms with Crippen molar-refractivity contribution in [1.29, 1.82) is 0 Å². The van der Waals surface area contributed by atoms with Gasteiger partial charge in [-0.05, 0) is 63.5 Å². The van der Waals surface area contributed by atoms with E-state index >= 15 is 0 Å². The first kappa shape index (κ1) is 34.6. The van der Waals surface area contributed by atoms with Crippen LogP contribution in [0.2, 0.25) is 0 Å². The maximum atomic E-state index is 14.4. The number of carbonyl (C=O) groups excluding carboxylic acids is 3. The second kappa shape index (κ2) is 17.4. The Hall–Kier alpha value is -2.57. The van der Waals surface area contributed by atoms with Crippen LogP contribution in [0.25, 0.3) is 0 Å². The van der Waals surface area contributed by atoms with Crippen LogP contribution in [0, 0.1) is 5.92 Å². The second-order valence-electron chi connectivity index (χ2n) is 13.0. The topological polar surface area (TPSA) is 87.7 Å². The van der Waals surface area contributed by atoms with Crippen LogP contribution in [-0.4, -0.2) is 47.0 Å². The van der Waals surface area contributed by atoms with Crippen molar-refractivity contribution in [2.75, 3.05) is 6.54 Å². The smallest absolute Gasteiger partial charge is 0.408 e. The molecule has 2 N–H and O–H groups in total. The summed E-state index contributed by atoms with van der Waals surface area (Å²) in [5.74, 6) is -0.574. The van der Waals surface area contributed by atoms with E-state index in [-0.39, 0.29) is 23.8 Å². The molecule has 2 unspecified atom stereocenters. The summed E-state index contributed by atoms with van der Waals surface area (Å²) in [5, 5.41) is 6.13. The Morgan fingerprint density at radius 1 is 0.927 bits per heavy atom. The van der Waals surface area contributed by atoms with Crippen molar-refractivity contribution >= 4 is 17.9 Å². The summed E-state index contributed by atoms with van der Waals surface area (Å²) in [6.07, 6.45) is 12.1. The number of ether oxygens (including phenoxy) is 1. The first-order valence-corrected chi connectivity index (χ1v) is 16.2. The van der Waals surface area contributed by atoms with Crippen LogP contribution in [0.5, 0.6) is 0 Å². The van der Waals surface area contributed by atoms with E-state index in [0.29, 0.717) is 6.54 Å². The fourth-order valence-corrected chi connectivity index (χ4v) is 5.49. The second-order valence-corrected chi connectivity index (χ2v) is 13.0. The Bertz CT molecular complexity index is 932. The van der Waals surface area contributed by atoms with E-state index in [1.54, 1.807) is 25.7 Å². The van der Waals surface area contributed by atoms with Crippen LogP contribution in [0.1, 0.15) is 136 Å².